The molecule has 0 fully saturated rings. The van der Waals surface area contributed by atoms with E-state index >= 15 is 0 Å². The van der Waals surface area contributed by atoms with E-state index in [0.29, 0.717) is 24.6 Å². The maximum absolute atomic E-state index is 12.2. The fourth-order valence-corrected chi connectivity index (χ4v) is 5.37. The summed E-state index contributed by atoms with van der Waals surface area (Å²) in [6.07, 6.45) is 8.69. The van der Waals surface area contributed by atoms with Crippen LogP contribution in [0.5, 0.6) is 5.75 Å². The van der Waals surface area contributed by atoms with Crippen molar-refractivity contribution < 1.29 is 9.53 Å². The number of aryl methyl sites for hydroxylation is 2. The summed E-state index contributed by atoms with van der Waals surface area (Å²) in [7, 11) is 1.82. The second-order valence-electron chi connectivity index (χ2n) is 8.68. The van der Waals surface area contributed by atoms with E-state index in [1.54, 1.807) is 34.6 Å². The van der Waals surface area contributed by atoms with Crippen molar-refractivity contribution in [2.24, 2.45) is 7.05 Å². The van der Waals surface area contributed by atoms with Gasteiger partial charge >= 0.3 is 0 Å². The van der Waals surface area contributed by atoms with E-state index in [-0.39, 0.29) is 5.91 Å². The third kappa shape index (κ3) is 4.55. The molecule has 0 spiro atoms. The summed E-state index contributed by atoms with van der Waals surface area (Å²) in [5.41, 5.74) is 4.96. The van der Waals surface area contributed by atoms with Crippen molar-refractivity contribution in [2.75, 3.05) is 13.2 Å². The molecule has 0 saturated carbocycles. The highest BCUT2D eigenvalue weighted by Crippen LogP contribution is 2.41. The number of fused-ring (bicyclic) bond motifs is 1. The summed E-state index contributed by atoms with van der Waals surface area (Å²) < 4.78 is 9.51. The van der Waals surface area contributed by atoms with E-state index < -0.39 is 0 Å². The van der Waals surface area contributed by atoms with Crippen molar-refractivity contribution in [3.8, 4) is 38.3 Å². The molecule has 0 radical (unpaired) electrons. The average molecular weight is 525 g/mol. The number of ether oxygens (including phenoxy) is 1. The van der Waals surface area contributed by atoms with Gasteiger partial charge in [-0.05, 0) is 13.0 Å². The molecule has 0 atom stereocenters. The quantitative estimate of drug-likeness (QED) is 0.286. The van der Waals surface area contributed by atoms with E-state index in [9.17, 15) is 4.79 Å². The number of imidazole rings is 2. The van der Waals surface area contributed by atoms with Crippen molar-refractivity contribution >= 4 is 22.8 Å². The maximum atomic E-state index is 12.2. The Morgan fingerprint density at radius 1 is 1.18 bits per heavy atom. The van der Waals surface area contributed by atoms with Gasteiger partial charge in [-0.1, -0.05) is 30.3 Å². The van der Waals surface area contributed by atoms with Gasteiger partial charge in [0.05, 0.1) is 40.2 Å². The number of amides is 1. The van der Waals surface area contributed by atoms with E-state index in [1.165, 1.54) is 0 Å². The molecule has 6 rings (SSSR count). The minimum Gasteiger partial charge on any atom is -0.492 e. The van der Waals surface area contributed by atoms with Gasteiger partial charge in [-0.2, -0.15) is 5.10 Å². The Hall–Kier alpha value is -4.77. The first-order valence-electron chi connectivity index (χ1n) is 12.0. The van der Waals surface area contributed by atoms with Crippen LogP contribution < -0.4 is 10.1 Å². The van der Waals surface area contributed by atoms with Gasteiger partial charge in [-0.3, -0.25) is 4.79 Å². The standard InChI is InChI=1S/C27H24N8O2S/c1-17-22(27-32-23(18-6-4-3-5-7-18)24(38-27)25-28-9-10-29-25)21-14-19(8-12-35(21)33-17)37-13-11-30-26(36)20-15-34(2)16-31-20/h3-10,12,14-16H,11,13H2,1-2H3,(H,28,29)(H,30,36). The highest BCUT2D eigenvalue weighted by atomic mass is 32.1. The third-order valence-corrected chi connectivity index (χ3v) is 7.06. The molecular formula is C27H24N8O2S. The van der Waals surface area contributed by atoms with Crippen LogP contribution in [0.4, 0.5) is 0 Å². The molecule has 38 heavy (non-hydrogen) atoms. The van der Waals surface area contributed by atoms with Crippen LogP contribution in [-0.2, 0) is 7.05 Å². The molecule has 0 unspecified atom stereocenters. The zero-order valence-electron chi connectivity index (χ0n) is 20.8. The van der Waals surface area contributed by atoms with E-state index in [0.717, 1.165) is 43.7 Å². The molecule has 190 valence electrons. The maximum Gasteiger partial charge on any atom is 0.271 e. The summed E-state index contributed by atoms with van der Waals surface area (Å²) >= 11 is 1.57. The van der Waals surface area contributed by atoms with Crippen LogP contribution in [0.25, 0.3) is 38.0 Å². The second kappa shape index (κ2) is 9.94. The fourth-order valence-electron chi connectivity index (χ4n) is 4.22. The van der Waals surface area contributed by atoms with Crippen molar-refractivity contribution in [3.05, 3.63) is 85.0 Å². The van der Waals surface area contributed by atoms with Gasteiger partial charge in [0, 0.05) is 43.5 Å². The minimum atomic E-state index is -0.233. The molecule has 6 aromatic rings. The number of carbonyl (C=O) groups is 1. The molecule has 0 bridgehead atoms. The Bertz CT molecular complexity index is 1720. The van der Waals surface area contributed by atoms with Gasteiger partial charge < -0.3 is 19.6 Å². The number of pyridine rings is 1. The molecule has 1 amide bonds. The molecule has 10 nitrogen and oxygen atoms in total. The molecular weight excluding hydrogens is 500 g/mol. The molecule has 0 saturated heterocycles. The minimum absolute atomic E-state index is 0.233. The first kappa shape index (κ1) is 23.6. The van der Waals surface area contributed by atoms with Gasteiger partial charge in [0.25, 0.3) is 5.91 Å². The fraction of sp³-hybridized carbons (Fsp3) is 0.148. The molecule has 2 N–H and O–H groups in total. The Kier molecular flexibility index (Phi) is 6.18. The van der Waals surface area contributed by atoms with Crippen LogP contribution in [0.15, 0.2) is 73.6 Å². The number of aromatic nitrogens is 7. The predicted octanol–water partition coefficient (Wildman–Crippen LogP) is 4.37. The number of benzene rings is 1. The third-order valence-electron chi connectivity index (χ3n) is 5.98. The number of nitrogens with one attached hydrogen (secondary N) is 2. The average Bonchev–Trinajstić information content (AvgIpc) is 3.72. The Morgan fingerprint density at radius 3 is 2.82 bits per heavy atom. The zero-order chi connectivity index (χ0) is 26.1. The molecule has 0 aliphatic carbocycles. The summed E-state index contributed by atoms with van der Waals surface area (Å²) in [5, 5.41) is 8.37. The van der Waals surface area contributed by atoms with Crippen LogP contribution in [0.2, 0.25) is 0 Å². The number of aromatic amines is 1. The molecule has 1 aromatic carbocycles. The Labute approximate surface area is 222 Å². The van der Waals surface area contributed by atoms with Gasteiger partial charge in [0.15, 0.2) is 0 Å². The van der Waals surface area contributed by atoms with E-state index in [1.807, 2.05) is 73.3 Å². The SMILES string of the molecule is Cc1nn2ccc(OCCNC(=O)c3cn(C)cn3)cc2c1-c1nc(-c2ccccc2)c(-c2ncc[nH]2)s1. The number of nitrogens with zero attached hydrogens (tertiary/aromatic N) is 6. The van der Waals surface area contributed by atoms with Crippen LogP contribution in [-0.4, -0.2) is 53.2 Å². The second-order valence-corrected chi connectivity index (χ2v) is 9.68. The topological polar surface area (TPSA) is 115 Å². The summed E-state index contributed by atoms with van der Waals surface area (Å²) in [5.74, 6) is 1.22. The van der Waals surface area contributed by atoms with E-state index in [2.05, 4.69) is 20.3 Å². The molecule has 0 aliphatic heterocycles. The number of thiazole rings is 1. The van der Waals surface area contributed by atoms with Gasteiger partial charge in [-0.25, -0.2) is 19.5 Å². The Morgan fingerprint density at radius 2 is 2.05 bits per heavy atom. The highest BCUT2D eigenvalue weighted by Gasteiger charge is 2.22. The number of hydrogen-bond donors (Lipinski definition) is 2. The number of carbonyl (C=O) groups excluding carboxylic acids is 1. The van der Waals surface area contributed by atoms with Crippen molar-refractivity contribution in [1.82, 2.24) is 39.4 Å². The Balaban J connectivity index is 1.27. The number of rotatable bonds is 8. The highest BCUT2D eigenvalue weighted by molar-refractivity contribution is 7.19. The lowest BCUT2D eigenvalue weighted by atomic mass is 10.1. The van der Waals surface area contributed by atoms with Crippen molar-refractivity contribution in [2.45, 2.75) is 6.92 Å². The van der Waals surface area contributed by atoms with Crippen molar-refractivity contribution in [3.63, 3.8) is 0 Å². The largest absolute Gasteiger partial charge is 0.492 e. The van der Waals surface area contributed by atoms with Crippen LogP contribution in [0.3, 0.4) is 0 Å². The number of H-pyrrole nitrogens is 1. The van der Waals surface area contributed by atoms with Crippen LogP contribution in [0, 0.1) is 6.92 Å². The van der Waals surface area contributed by atoms with Crippen LogP contribution >= 0.6 is 11.3 Å². The lowest BCUT2D eigenvalue weighted by Crippen LogP contribution is -2.28. The predicted molar refractivity (Wildman–Crippen MR) is 145 cm³/mol. The summed E-state index contributed by atoms with van der Waals surface area (Å²) in [4.78, 5) is 30.0. The number of hydrogen-bond acceptors (Lipinski definition) is 7. The zero-order valence-corrected chi connectivity index (χ0v) is 21.6. The van der Waals surface area contributed by atoms with Crippen LogP contribution in [0.1, 0.15) is 16.2 Å². The molecule has 0 aliphatic rings. The summed E-state index contributed by atoms with van der Waals surface area (Å²) in [6, 6.07) is 13.9. The summed E-state index contributed by atoms with van der Waals surface area (Å²) in [6.45, 7) is 2.65. The molecule has 11 heteroatoms. The van der Waals surface area contributed by atoms with Gasteiger partial charge in [0.1, 0.15) is 28.9 Å². The van der Waals surface area contributed by atoms with Gasteiger partial charge in [0.2, 0.25) is 0 Å². The smallest absolute Gasteiger partial charge is 0.271 e. The molecule has 5 aromatic heterocycles. The van der Waals surface area contributed by atoms with Gasteiger partial charge in [-0.15, -0.1) is 11.3 Å². The first-order valence-corrected chi connectivity index (χ1v) is 12.8. The molecule has 5 heterocycles. The lowest BCUT2D eigenvalue weighted by Gasteiger charge is -2.07. The normalized spacial score (nSPS) is 11.2. The lowest BCUT2D eigenvalue weighted by molar-refractivity contribution is 0.0942. The monoisotopic (exact) mass is 524 g/mol. The van der Waals surface area contributed by atoms with E-state index in [4.69, 9.17) is 14.8 Å². The first-order chi connectivity index (χ1) is 18.6. The van der Waals surface area contributed by atoms with Crippen molar-refractivity contribution in [1.29, 1.82) is 0 Å².